The normalized spacial score (nSPS) is 43.1. The fourth-order valence-corrected chi connectivity index (χ4v) is 10.5. The molecule has 1 aromatic carbocycles. The van der Waals surface area contributed by atoms with Crippen LogP contribution in [0.15, 0.2) is 72.2 Å². The molecule has 4 aliphatic carbocycles. The molecule has 3 saturated carbocycles. The van der Waals surface area contributed by atoms with Crippen LogP contribution in [0.2, 0.25) is 0 Å². The Kier molecular flexibility index (Phi) is 7.09. The van der Waals surface area contributed by atoms with Gasteiger partial charge in [-0.25, -0.2) is 4.79 Å². The van der Waals surface area contributed by atoms with Gasteiger partial charge in [0.2, 0.25) is 0 Å². The summed E-state index contributed by atoms with van der Waals surface area (Å²) in [4.78, 5) is 24.5. The van der Waals surface area contributed by atoms with Crippen LogP contribution >= 0.6 is 39.1 Å². The second-order valence-corrected chi connectivity index (χ2v) is 14.0. The van der Waals surface area contributed by atoms with Crippen molar-refractivity contribution >= 4 is 51.1 Å². The van der Waals surface area contributed by atoms with Crippen LogP contribution in [-0.4, -0.2) is 32.6 Å². The molecular weight excluding hydrogens is 587 g/mol. The highest BCUT2D eigenvalue weighted by Gasteiger charge is 2.75. The van der Waals surface area contributed by atoms with Crippen LogP contribution in [0.25, 0.3) is 0 Å². The number of alkyl halides is 3. The molecule has 0 aromatic heterocycles. The van der Waals surface area contributed by atoms with Crippen molar-refractivity contribution in [1.82, 2.24) is 0 Å². The van der Waals surface area contributed by atoms with Crippen LogP contribution in [0.4, 0.5) is 0 Å². The minimum absolute atomic E-state index is 0.00871. The first kappa shape index (κ1) is 27.8. The number of carbonyl (C=O) groups is 2. The molecule has 5 rings (SSSR count). The monoisotopic (exact) mass is 618 g/mol. The minimum atomic E-state index is -1.06. The number of halogens is 3. The van der Waals surface area contributed by atoms with Crippen molar-refractivity contribution < 1.29 is 19.1 Å². The van der Waals surface area contributed by atoms with Crippen molar-refractivity contribution in [1.29, 1.82) is 0 Å². The molecule has 0 aliphatic heterocycles. The van der Waals surface area contributed by atoms with E-state index in [1.807, 2.05) is 30.4 Å². The van der Waals surface area contributed by atoms with E-state index in [0.29, 0.717) is 12.0 Å². The third kappa shape index (κ3) is 3.84. The van der Waals surface area contributed by atoms with E-state index in [1.165, 1.54) is 13.2 Å². The fraction of sp³-hybridized carbons (Fsp3) is 0.516. The highest BCUT2D eigenvalue weighted by Crippen LogP contribution is 2.73. The summed E-state index contributed by atoms with van der Waals surface area (Å²) in [5.41, 5.74) is 3.00. The zero-order chi connectivity index (χ0) is 27.5. The Morgan fingerprint density at radius 1 is 1.21 bits per heavy atom. The van der Waals surface area contributed by atoms with Gasteiger partial charge < -0.3 is 9.47 Å². The number of ether oxygens (including phenoxy) is 2. The lowest BCUT2D eigenvalue weighted by atomic mass is 9.46. The van der Waals surface area contributed by atoms with E-state index in [4.69, 9.17) is 32.7 Å². The van der Waals surface area contributed by atoms with E-state index < -0.39 is 38.6 Å². The maximum atomic E-state index is 13.5. The summed E-state index contributed by atoms with van der Waals surface area (Å²) in [6.45, 7) is 7.79. The molecule has 4 aliphatic rings. The topological polar surface area (TPSA) is 52.6 Å². The zero-order valence-corrected chi connectivity index (χ0v) is 25.1. The number of allylic oxidation sites excluding steroid dienone is 3. The summed E-state index contributed by atoms with van der Waals surface area (Å²) < 4.78 is 11.8. The number of carbonyl (C=O) groups excluding carboxylic acids is 2. The lowest BCUT2D eigenvalue weighted by Crippen LogP contribution is -2.68. The molecule has 0 saturated heterocycles. The molecule has 0 radical (unpaired) electrons. The van der Waals surface area contributed by atoms with Crippen molar-refractivity contribution in [2.45, 2.75) is 67.6 Å². The summed E-state index contributed by atoms with van der Waals surface area (Å²) >= 11 is 19.2. The van der Waals surface area contributed by atoms with Crippen LogP contribution in [-0.2, 0) is 14.3 Å². The second kappa shape index (κ2) is 9.70. The zero-order valence-electron chi connectivity index (χ0n) is 22.0. The fourth-order valence-electron chi connectivity index (χ4n) is 7.95. The van der Waals surface area contributed by atoms with Gasteiger partial charge in [-0.2, -0.15) is 0 Å². The summed E-state index contributed by atoms with van der Waals surface area (Å²) in [6, 6.07) is 8.97. The molecular formula is C31H33BrCl2O4. The van der Waals surface area contributed by atoms with E-state index in [2.05, 4.69) is 48.5 Å². The molecule has 0 N–H and O–H groups in total. The molecule has 9 atom stereocenters. The number of esters is 2. The van der Waals surface area contributed by atoms with E-state index in [0.717, 1.165) is 18.4 Å². The predicted octanol–water partition coefficient (Wildman–Crippen LogP) is 7.75. The van der Waals surface area contributed by atoms with Crippen LogP contribution in [0.5, 0.6) is 0 Å². The molecule has 0 heterocycles. The first-order valence-corrected chi connectivity index (χ1v) is 14.9. The molecule has 0 spiro atoms. The third-order valence-electron chi connectivity index (χ3n) is 9.84. The third-order valence-corrected chi connectivity index (χ3v) is 12.3. The number of fused-ring (bicyclic) bond motifs is 5. The van der Waals surface area contributed by atoms with Gasteiger partial charge in [-0.05, 0) is 67.9 Å². The van der Waals surface area contributed by atoms with E-state index in [1.54, 1.807) is 18.2 Å². The van der Waals surface area contributed by atoms with E-state index >= 15 is 0 Å². The summed E-state index contributed by atoms with van der Waals surface area (Å²) in [5.74, 6) is -0.861. The van der Waals surface area contributed by atoms with Gasteiger partial charge >= 0.3 is 11.9 Å². The molecule has 3 fully saturated rings. The van der Waals surface area contributed by atoms with Gasteiger partial charge in [0.25, 0.3) is 0 Å². The van der Waals surface area contributed by atoms with Crippen LogP contribution in [0.3, 0.4) is 0 Å². The Morgan fingerprint density at radius 3 is 2.61 bits per heavy atom. The SMILES string of the molecule is CC(=O)OC=C[C@]1(OC(=O)c2ccccc2)[C@H](C)C[C@H]2[C@@H]3[C@H](Br)CC4=C=CC=C[C@]4(C)[C@@]3(Cl)[C@@H](Cl)C[C@@]21C. The lowest BCUT2D eigenvalue weighted by molar-refractivity contribution is -0.136. The van der Waals surface area contributed by atoms with Crippen molar-refractivity contribution in [3.8, 4) is 0 Å². The molecule has 4 nitrogen and oxygen atoms in total. The van der Waals surface area contributed by atoms with Gasteiger partial charge in [0, 0.05) is 28.5 Å². The average Bonchev–Trinajstić information content (AvgIpc) is 3.06. The standard InChI is InChI=1S/C31H33BrCl2O4/c1-19-16-23-26-24(32)17-22-12-8-9-13-28(22,3)31(26,34)25(33)18-29(23,4)30(19,14-15-37-20(2)35)38-27(36)21-10-6-5-7-11-21/h5-11,13-15,19,23-26H,16-18H2,1-4H3/t19-,23+,24-,25+,26-,28+,29+,30+,31-/m1/s1. The van der Waals surface area contributed by atoms with Crippen molar-refractivity contribution in [3.63, 3.8) is 0 Å². The Hall–Kier alpha value is -1.78. The van der Waals surface area contributed by atoms with Crippen molar-refractivity contribution in [2.75, 3.05) is 0 Å². The molecule has 0 amide bonds. The Morgan fingerprint density at radius 2 is 1.92 bits per heavy atom. The maximum Gasteiger partial charge on any atom is 0.339 e. The van der Waals surface area contributed by atoms with Crippen LogP contribution < -0.4 is 0 Å². The quantitative estimate of drug-likeness (QED) is 0.150. The number of rotatable bonds is 4. The number of benzene rings is 1. The number of hydrogen-bond acceptors (Lipinski definition) is 4. The predicted molar refractivity (Wildman–Crippen MR) is 153 cm³/mol. The Labute approximate surface area is 243 Å². The Balaban J connectivity index is 1.63. The molecule has 7 heteroatoms. The van der Waals surface area contributed by atoms with Gasteiger partial charge in [0.15, 0.2) is 0 Å². The first-order valence-electron chi connectivity index (χ1n) is 13.1. The molecule has 0 bridgehead atoms. The Bertz CT molecular complexity index is 1270. The highest BCUT2D eigenvalue weighted by molar-refractivity contribution is 9.09. The minimum Gasteiger partial charge on any atom is -0.450 e. The van der Waals surface area contributed by atoms with E-state index in [-0.39, 0.29) is 22.6 Å². The van der Waals surface area contributed by atoms with Crippen molar-refractivity contribution in [3.05, 3.63) is 77.8 Å². The van der Waals surface area contributed by atoms with Crippen LogP contribution in [0.1, 0.15) is 57.3 Å². The van der Waals surface area contributed by atoms with Crippen LogP contribution in [0, 0.1) is 28.6 Å². The molecule has 0 unspecified atom stereocenters. The summed E-state index contributed by atoms with van der Waals surface area (Å²) in [6.07, 6.45) is 11.4. The summed E-state index contributed by atoms with van der Waals surface area (Å²) in [7, 11) is 0. The van der Waals surface area contributed by atoms with E-state index in [9.17, 15) is 9.59 Å². The largest absolute Gasteiger partial charge is 0.450 e. The van der Waals surface area contributed by atoms with Gasteiger partial charge in [0.1, 0.15) is 5.60 Å². The summed E-state index contributed by atoms with van der Waals surface area (Å²) in [5, 5.41) is -0.428. The van der Waals surface area contributed by atoms with Crippen molar-refractivity contribution in [2.24, 2.45) is 28.6 Å². The maximum absolute atomic E-state index is 13.5. The number of hydrogen-bond donors (Lipinski definition) is 0. The van der Waals surface area contributed by atoms with Gasteiger partial charge in [-0.15, -0.1) is 28.9 Å². The van der Waals surface area contributed by atoms with Gasteiger partial charge in [0.05, 0.1) is 22.1 Å². The lowest BCUT2D eigenvalue weighted by Gasteiger charge is -2.64. The molecule has 38 heavy (non-hydrogen) atoms. The smallest absolute Gasteiger partial charge is 0.339 e. The molecule has 202 valence electrons. The van der Waals surface area contributed by atoms with Gasteiger partial charge in [-0.1, -0.05) is 60.1 Å². The van der Waals surface area contributed by atoms with Gasteiger partial charge in [-0.3, -0.25) is 4.79 Å². The molecule has 1 aromatic rings. The first-order chi connectivity index (χ1) is 17.9. The highest BCUT2D eigenvalue weighted by atomic mass is 79.9. The average molecular weight is 620 g/mol. The second-order valence-electron chi connectivity index (χ2n) is 11.7.